The van der Waals surface area contributed by atoms with Crippen molar-refractivity contribution in [3.63, 3.8) is 0 Å². The van der Waals surface area contributed by atoms with Gasteiger partial charge in [-0.15, -0.1) is 0 Å². The SMILES string of the molecule is Brc1ccc2c(OC3CCOC3)nccc2c1. The number of rotatable bonds is 2. The molecule has 0 amide bonds. The van der Waals surface area contributed by atoms with E-state index in [-0.39, 0.29) is 6.10 Å². The topological polar surface area (TPSA) is 31.4 Å². The van der Waals surface area contributed by atoms with Crippen LogP contribution in [-0.4, -0.2) is 24.3 Å². The second-order valence-electron chi connectivity index (χ2n) is 4.09. The first kappa shape index (κ1) is 11.0. The molecule has 1 saturated heterocycles. The lowest BCUT2D eigenvalue weighted by molar-refractivity contribution is 0.139. The third-order valence-corrected chi connectivity index (χ3v) is 3.35. The molecular formula is C13H12BrNO2. The minimum Gasteiger partial charge on any atom is -0.471 e. The zero-order chi connectivity index (χ0) is 11.7. The molecule has 3 rings (SSSR count). The highest BCUT2D eigenvalue weighted by molar-refractivity contribution is 9.10. The summed E-state index contributed by atoms with van der Waals surface area (Å²) in [4.78, 5) is 4.31. The molecule has 0 bridgehead atoms. The Balaban J connectivity index is 1.97. The van der Waals surface area contributed by atoms with Gasteiger partial charge in [0.1, 0.15) is 6.10 Å². The van der Waals surface area contributed by atoms with E-state index in [2.05, 4.69) is 27.0 Å². The van der Waals surface area contributed by atoms with Crippen LogP contribution < -0.4 is 4.74 Å². The fraction of sp³-hybridized carbons (Fsp3) is 0.308. The molecule has 2 heterocycles. The normalized spacial score (nSPS) is 19.7. The summed E-state index contributed by atoms with van der Waals surface area (Å²) in [5, 5.41) is 2.17. The maximum absolute atomic E-state index is 5.88. The number of fused-ring (bicyclic) bond motifs is 1. The predicted molar refractivity (Wildman–Crippen MR) is 69.3 cm³/mol. The zero-order valence-electron chi connectivity index (χ0n) is 9.23. The van der Waals surface area contributed by atoms with Gasteiger partial charge >= 0.3 is 0 Å². The summed E-state index contributed by atoms with van der Waals surface area (Å²) in [6, 6.07) is 8.08. The molecule has 0 saturated carbocycles. The average molecular weight is 294 g/mol. The highest BCUT2D eigenvalue weighted by atomic mass is 79.9. The number of halogens is 1. The third-order valence-electron chi connectivity index (χ3n) is 2.86. The van der Waals surface area contributed by atoms with E-state index in [0.717, 1.165) is 28.3 Å². The Morgan fingerprint density at radius 1 is 1.35 bits per heavy atom. The number of ether oxygens (including phenoxy) is 2. The van der Waals surface area contributed by atoms with E-state index in [1.807, 2.05) is 18.2 Å². The van der Waals surface area contributed by atoms with Crippen molar-refractivity contribution in [2.24, 2.45) is 0 Å². The molecule has 0 N–H and O–H groups in total. The van der Waals surface area contributed by atoms with Crippen molar-refractivity contribution >= 4 is 26.7 Å². The molecule has 1 atom stereocenters. The lowest BCUT2D eigenvalue weighted by Crippen LogP contribution is -2.16. The first-order valence-electron chi connectivity index (χ1n) is 5.61. The van der Waals surface area contributed by atoms with Crippen molar-refractivity contribution in [3.05, 3.63) is 34.9 Å². The van der Waals surface area contributed by atoms with Gasteiger partial charge in [-0.2, -0.15) is 0 Å². The second kappa shape index (κ2) is 4.63. The number of pyridine rings is 1. The Kier molecular flexibility index (Phi) is 2.99. The summed E-state index contributed by atoms with van der Waals surface area (Å²) in [6.45, 7) is 1.44. The highest BCUT2D eigenvalue weighted by Gasteiger charge is 2.18. The lowest BCUT2D eigenvalue weighted by Gasteiger charge is -2.12. The molecular weight excluding hydrogens is 282 g/mol. The molecule has 88 valence electrons. The van der Waals surface area contributed by atoms with Gasteiger partial charge in [0.15, 0.2) is 0 Å². The molecule has 4 heteroatoms. The Hall–Kier alpha value is -1.13. The number of nitrogens with zero attached hydrogens (tertiary/aromatic N) is 1. The van der Waals surface area contributed by atoms with Crippen LogP contribution in [0.1, 0.15) is 6.42 Å². The van der Waals surface area contributed by atoms with Gasteiger partial charge in [0.25, 0.3) is 0 Å². The van der Waals surface area contributed by atoms with Crippen molar-refractivity contribution in [1.82, 2.24) is 4.98 Å². The lowest BCUT2D eigenvalue weighted by atomic mass is 10.2. The smallest absolute Gasteiger partial charge is 0.221 e. The van der Waals surface area contributed by atoms with Gasteiger partial charge < -0.3 is 9.47 Å². The van der Waals surface area contributed by atoms with Crippen molar-refractivity contribution in [2.75, 3.05) is 13.2 Å². The Bertz CT molecular complexity index is 538. The fourth-order valence-electron chi connectivity index (χ4n) is 1.98. The molecule has 0 spiro atoms. The molecule has 1 fully saturated rings. The molecule has 1 aliphatic heterocycles. The summed E-state index contributed by atoms with van der Waals surface area (Å²) in [7, 11) is 0. The van der Waals surface area contributed by atoms with Crippen LogP contribution in [0.2, 0.25) is 0 Å². The van der Waals surface area contributed by atoms with Gasteiger partial charge in [-0.25, -0.2) is 4.98 Å². The number of benzene rings is 1. The van der Waals surface area contributed by atoms with E-state index in [0.29, 0.717) is 12.5 Å². The number of hydrogen-bond donors (Lipinski definition) is 0. The Morgan fingerprint density at radius 2 is 2.29 bits per heavy atom. The molecule has 1 aromatic carbocycles. The van der Waals surface area contributed by atoms with Crippen LogP contribution >= 0.6 is 15.9 Å². The fourth-order valence-corrected chi connectivity index (χ4v) is 2.36. The van der Waals surface area contributed by atoms with Crippen LogP contribution in [0.3, 0.4) is 0 Å². The van der Waals surface area contributed by atoms with Crippen LogP contribution in [-0.2, 0) is 4.74 Å². The molecule has 17 heavy (non-hydrogen) atoms. The van der Waals surface area contributed by atoms with Gasteiger partial charge in [-0.05, 0) is 29.7 Å². The predicted octanol–water partition coefficient (Wildman–Crippen LogP) is 3.17. The van der Waals surface area contributed by atoms with Crippen LogP contribution in [0.15, 0.2) is 34.9 Å². The molecule has 2 aromatic rings. The largest absolute Gasteiger partial charge is 0.471 e. The van der Waals surface area contributed by atoms with Crippen LogP contribution in [0.4, 0.5) is 0 Å². The third kappa shape index (κ3) is 2.28. The van der Waals surface area contributed by atoms with E-state index < -0.39 is 0 Å². The van der Waals surface area contributed by atoms with Crippen LogP contribution in [0, 0.1) is 0 Å². The van der Waals surface area contributed by atoms with E-state index in [1.165, 1.54) is 0 Å². The number of aromatic nitrogens is 1. The summed E-state index contributed by atoms with van der Waals surface area (Å²) in [6.07, 6.45) is 2.85. The van der Waals surface area contributed by atoms with Gasteiger partial charge in [0, 0.05) is 22.5 Å². The van der Waals surface area contributed by atoms with Gasteiger partial charge in [0.2, 0.25) is 5.88 Å². The van der Waals surface area contributed by atoms with Gasteiger partial charge in [-0.1, -0.05) is 15.9 Å². The maximum atomic E-state index is 5.88. The summed E-state index contributed by atoms with van der Waals surface area (Å²) in [5.41, 5.74) is 0. The quantitative estimate of drug-likeness (QED) is 0.852. The summed E-state index contributed by atoms with van der Waals surface area (Å²) in [5.74, 6) is 0.700. The first-order valence-corrected chi connectivity index (χ1v) is 6.41. The molecule has 1 unspecified atom stereocenters. The zero-order valence-corrected chi connectivity index (χ0v) is 10.8. The second-order valence-corrected chi connectivity index (χ2v) is 5.00. The summed E-state index contributed by atoms with van der Waals surface area (Å²) < 4.78 is 12.2. The monoisotopic (exact) mass is 293 g/mol. The molecule has 1 aliphatic rings. The molecule has 0 aliphatic carbocycles. The van der Waals surface area contributed by atoms with Crippen molar-refractivity contribution < 1.29 is 9.47 Å². The van der Waals surface area contributed by atoms with E-state index in [1.54, 1.807) is 6.20 Å². The maximum Gasteiger partial charge on any atom is 0.221 e. The first-order chi connectivity index (χ1) is 8.33. The van der Waals surface area contributed by atoms with Crippen molar-refractivity contribution in [3.8, 4) is 5.88 Å². The van der Waals surface area contributed by atoms with E-state index in [4.69, 9.17) is 9.47 Å². The summed E-state index contributed by atoms with van der Waals surface area (Å²) >= 11 is 3.46. The minimum absolute atomic E-state index is 0.136. The van der Waals surface area contributed by atoms with E-state index >= 15 is 0 Å². The van der Waals surface area contributed by atoms with Crippen molar-refractivity contribution in [1.29, 1.82) is 0 Å². The van der Waals surface area contributed by atoms with Gasteiger partial charge in [-0.3, -0.25) is 0 Å². The minimum atomic E-state index is 0.136. The molecule has 3 nitrogen and oxygen atoms in total. The Morgan fingerprint density at radius 3 is 3.12 bits per heavy atom. The van der Waals surface area contributed by atoms with Crippen molar-refractivity contribution in [2.45, 2.75) is 12.5 Å². The number of hydrogen-bond acceptors (Lipinski definition) is 3. The molecule has 0 radical (unpaired) electrons. The van der Waals surface area contributed by atoms with Crippen LogP contribution in [0.5, 0.6) is 5.88 Å². The average Bonchev–Trinajstić information content (AvgIpc) is 2.82. The van der Waals surface area contributed by atoms with E-state index in [9.17, 15) is 0 Å². The standard InChI is InChI=1S/C13H12BrNO2/c14-10-1-2-12-9(7-10)3-5-15-13(12)17-11-4-6-16-8-11/h1-3,5,7,11H,4,6,8H2. The molecule has 1 aromatic heterocycles. The van der Waals surface area contributed by atoms with Crippen LogP contribution in [0.25, 0.3) is 10.8 Å². The van der Waals surface area contributed by atoms with Gasteiger partial charge in [0.05, 0.1) is 13.2 Å². The Labute approximate surface area is 108 Å². The highest BCUT2D eigenvalue weighted by Crippen LogP contribution is 2.27.